The predicted octanol–water partition coefficient (Wildman–Crippen LogP) is 5.17. The van der Waals surface area contributed by atoms with Crippen LogP contribution in [-0.2, 0) is 5.41 Å². The molecule has 100 valence electrons. The standard InChI is InChI=1S/C18H23N/c1-13(2)14-6-8-15(9-7-14)17-11-10-16(12-19-17)18(3,4)5/h6-13H,1-5H3/i13T. The molecular weight excluding hydrogens is 230 g/mol. The zero-order chi connectivity index (χ0) is 15.0. The summed E-state index contributed by atoms with van der Waals surface area (Å²) >= 11 is 0. The highest BCUT2D eigenvalue weighted by Gasteiger charge is 2.13. The Labute approximate surface area is 118 Å². The first-order valence-electron chi connectivity index (χ1n) is 7.25. The Morgan fingerprint density at radius 3 is 2.05 bits per heavy atom. The van der Waals surface area contributed by atoms with Crippen molar-refractivity contribution in [3.8, 4) is 11.3 Å². The van der Waals surface area contributed by atoms with E-state index in [0.29, 0.717) is 0 Å². The van der Waals surface area contributed by atoms with Gasteiger partial charge in [-0.3, -0.25) is 4.98 Å². The maximum absolute atomic E-state index is 8.03. The van der Waals surface area contributed by atoms with E-state index in [9.17, 15) is 0 Å². The molecule has 0 saturated carbocycles. The number of hydrogen-bond donors (Lipinski definition) is 0. The Bertz CT molecular complexity index is 513. The molecule has 0 saturated heterocycles. The van der Waals surface area contributed by atoms with Crippen LogP contribution in [0.5, 0.6) is 0 Å². The van der Waals surface area contributed by atoms with Crippen LogP contribution in [0.4, 0.5) is 0 Å². The molecule has 1 heteroatoms. The molecule has 0 spiro atoms. The van der Waals surface area contributed by atoms with E-state index >= 15 is 0 Å². The molecule has 0 fully saturated rings. The molecule has 0 bridgehead atoms. The first-order valence-corrected chi connectivity index (χ1v) is 6.75. The first kappa shape index (κ1) is 12.4. The fraction of sp³-hybridized carbons (Fsp3) is 0.389. The Morgan fingerprint density at radius 1 is 1.00 bits per heavy atom. The van der Waals surface area contributed by atoms with Gasteiger partial charge in [-0.2, -0.15) is 0 Å². The summed E-state index contributed by atoms with van der Waals surface area (Å²) in [5.74, 6) is -0.554. The number of hydrogen-bond acceptors (Lipinski definition) is 1. The van der Waals surface area contributed by atoms with Crippen molar-refractivity contribution in [3.05, 3.63) is 53.7 Å². The van der Waals surface area contributed by atoms with E-state index in [4.69, 9.17) is 1.37 Å². The summed E-state index contributed by atoms with van der Waals surface area (Å²) in [4.78, 5) is 4.56. The third kappa shape index (κ3) is 3.23. The molecular formula is C18H23N. The van der Waals surface area contributed by atoms with Crippen molar-refractivity contribution in [2.24, 2.45) is 0 Å². The molecule has 1 heterocycles. The molecule has 0 aliphatic carbocycles. The Balaban J connectivity index is 2.29. The van der Waals surface area contributed by atoms with Gasteiger partial charge in [0.1, 0.15) is 0 Å². The molecule has 0 N–H and O–H groups in total. The predicted molar refractivity (Wildman–Crippen MR) is 82.5 cm³/mol. The highest BCUT2D eigenvalue weighted by atomic mass is 14.7. The SMILES string of the molecule is [3H]C(C)(C)c1ccc(-c2ccc(C(C)(C)C)cn2)cc1. The van der Waals surface area contributed by atoms with E-state index in [-0.39, 0.29) is 5.41 Å². The number of benzene rings is 1. The van der Waals surface area contributed by atoms with Crippen LogP contribution in [0, 0.1) is 0 Å². The maximum atomic E-state index is 8.03. The normalized spacial score (nSPS) is 13.2. The summed E-state index contributed by atoms with van der Waals surface area (Å²) in [6, 6.07) is 12.3. The summed E-state index contributed by atoms with van der Waals surface area (Å²) < 4.78 is 8.03. The highest BCUT2D eigenvalue weighted by molar-refractivity contribution is 5.59. The zero-order valence-corrected chi connectivity index (χ0v) is 12.5. The third-order valence-corrected chi connectivity index (χ3v) is 3.39. The molecule has 1 aromatic heterocycles. The maximum Gasteiger partial charge on any atom is 0.0702 e. The van der Waals surface area contributed by atoms with Gasteiger partial charge in [0.2, 0.25) is 0 Å². The summed E-state index contributed by atoms with van der Waals surface area (Å²) in [7, 11) is 0. The van der Waals surface area contributed by atoms with Gasteiger partial charge in [-0.25, -0.2) is 0 Å². The van der Waals surface area contributed by atoms with E-state index in [0.717, 1.165) is 16.8 Å². The summed E-state index contributed by atoms with van der Waals surface area (Å²) in [5, 5.41) is 0. The quantitative estimate of drug-likeness (QED) is 0.721. The van der Waals surface area contributed by atoms with Gasteiger partial charge in [-0.15, -0.1) is 0 Å². The largest absolute Gasteiger partial charge is 0.256 e. The smallest absolute Gasteiger partial charge is 0.0702 e. The first-order chi connectivity index (χ1) is 9.18. The van der Waals surface area contributed by atoms with Gasteiger partial charge in [0.15, 0.2) is 0 Å². The van der Waals surface area contributed by atoms with Gasteiger partial charge in [0.05, 0.1) is 5.69 Å². The average molecular weight is 255 g/mol. The fourth-order valence-corrected chi connectivity index (χ4v) is 1.98. The van der Waals surface area contributed by atoms with Gasteiger partial charge >= 0.3 is 0 Å². The van der Waals surface area contributed by atoms with E-state index in [2.05, 4.69) is 37.9 Å². The Hall–Kier alpha value is -1.63. The van der Waals surface area contributed by atoms with Crippen molar-refractivity contribution in [1.29, 1.82) is 0 Å². The molecule has 0 aliphatic rings. The second kappa shape index (κ2) is 5.16. The lowest BCUT2D eigenvalue weighted by Crippen LogP contribution is -2.11. The zero-order valence-electron chi connectivity index (χ0n) is 13.5. The minimum atomic E-state index is -0.554. The van der Waals surface area contributed by atoms with Crippen molar-refractivity contribution in [1.82, 2.24) is 4.98 Å². The van der Waals surface area contributed by atoms with Crippen LogP contribution in [0.1, 0.15) is 53.0 Å². The van der Waals surface area contributed by atoms with Crippen LogP contribution < -0.4 is 0 Å². The summed E-state index contributed by atoms with van der Waals surface area (Å²) in [6.07, 6.45) is 1.96. The molecule has 0 unspecified atom stereocenters. The number of aromatic nitrogens is 1. The molecule has 0 radical (unpaired) electrons. The molecule has 1 aromatic carbocycles. The second-order valence-electron chi connectivity index (χ2n) is 6.26. The lowest BCUT2D eigenvalue weighted by molar-refractivity contribution is 0.587. The van der Waals surface area contributed by atoms with Crippen LogP contribution in [0.25, 0.3) is 11.3 Å². The minimum absolute atomic E-state index is 0.130. The molecule has 0 atom stereocenters. The average Bonchev–Trinajstić information content (AvgIpc) is 2.37. The van der Waals surface area contributed by atoms with E-state index in [1.165, 1.54) is 5.56 Å². The molecule has 0 amide bonds. The van der Waals surface area contributed by atoms with E-state index in [1.54, 1.807) is 0 Å². The van der Waals surface area contributed by atoms with Crippen LogP contribution in [0.2, 0.25) is 0 Å². The lowest BCUT2D eigenvalue weighted by atomic mass is 9.88. The van der Waals surface area contributed by atoms with Crippen LogP contribution >= 0.6 is 0 Å². The van der Waals surface area contributed by atoms with Gasteiger partial charge in [0.25, 0.3) is 0 Å². The van der Waals surface area contributed by atoms with Crippen molar-refractivity contribution in [2.45, 2.75) is 45.9 Å². The number of nitrogens with zero attached hydrogens (tertiary/aromatic N) is 1. The van der Waals surface area contributed by atoms with Gasteiger partial charge < -0.3 is 0 Å². The molecule has 0 aliphatic heterocycles. The van der Waals surface area contributed by atoms with Gasteiger partial charge in [0, 0.05) is 13.1 Å². The number of pyridine rings is 1. The number of rotatable bonds is 2. The second-order valence-corrected chi connectivity index (χ2v) is 6.26. The monoisotopic (exact) mass is 255 g/mol. The molecule has 19 heavy (non-hydrogen) atoms. The molecule has 2 aromatic rings. The van der Waals surface area contributed by atoms with Gasteiger partial charge in [-0.05, 0) is 28.5 Å². The Morgan fingerprint density at radius 2 is 1.63 bits per heavy atom. The third-order valence-electron chi connectivity index (χ3n) is 3.39. The fourth-order valence-electron chi connectivity index (χ4n) is 1.98. The summed E-state index contributed by atoms with van der Waals surface area (Å²) in [5.41, 5.74) is 4.47. The van der Waals surface area contributed by atoms with Crippen molar-refractivity contribution >= 4 is 0 Å². The Kier molecular flexibility index (Phi) is 3.37. The topological polar surface area (TPSA) is 12.9 Å². The van der Waals surface area contributed by atoms with Gasteiger partial charge in [-0.1, -0.05) is 65.0 Å². The molecule has 1 nitrogen and oxygen atoms in total. The molecule has 2 rings (SSSR count). The van der Waals surface area contributed by atoms with Crippen LogP contribution in [-0.4, -0.2) is 4.98 Å². The van der Waals surface area contributed by atoms with Crippen LogP contribution in [0.3, 0.4) is 0 Å². The summed E-state index contributed by atoms with van der Waals surface area (Å²) in [6.45, 7) is 10.4. The van der Waals surface area contributed by atoms with E-state index < -0.39 is 5.89 Å². The van der Waals surface area contributed by atoms with Crippen molar-refractivity contribution < 1.29 is 1.37 Å². The van der Waals surface area contributed by atoms with E-state index in [1.807, 2.05) is 44.3 Å². The highest BCUT2D eigenvalue weighted by Crippen LogP contribution is 2.25. The minimum Gasteiger partial charge on any atom is -0.256 e. The van der Waals surface area contributed by atoms with Crippen molar-refractivity contribution in [2.75, 3.05) is 0 Å². The lowest BCUT2D eigenvalue weighted by Gasteiger charge is -2.18. The van der Waals surface area contributed by atoms with Crippen LogP contribution in [0.15, 0.2) is 42.6 Å². The van der Waals surface area contributed by atoms with Crippen molar-refractivity contribution in [3.63, 3.8) is 0 Å².